The standard InChI is InChI=1S/C25H33N5S.HI/c1-18(23-10-6-8-21-7-4-5-9-24(21)23)28-25(26-3)27-15-20-11-13-30(14-12-20)16-22-17-31-19(2)29-22;/h4-10,17-18,20H,11-16H2,1-3H3,(H2,26,27,28);1H. The highest BCUT2D eigenvalue weighted by molar-refractivity contribution is 14.0. The fourth-order valence-corrected chi connectivity index (χ4v) is 5.01. The van der Waals surface area contributed by atoms with Gasteiger partial charge in [0.15, 0.2) is 5.96 Å². The van der Waals surface area contributed by atoms with E-state index in [1.165, 1.54) is 34.9 Å². The molecule has 2 aromatic carbocycles. The molecule has 0 saturated carbocycles. The van der Waals surface area contributed by atoms with E-state index in [1.54, 1.807) is 11.3 Å². The Kier molecular flexibility index (Phi) is 9.31. The lowest BCUT2D eigenvalue weighted by molar-refractivity contribution is 0.176. The van der Waals surface area contributed by atoms with Crippen molar-refractivity contribution < 1.29 is 0 Å². The van der Waals surface area contributed by atoms with Crippen LogP contribution < -0.4 is 10.6 Å². The van der Waals surface area contributed by atoms with Crippen LogP contribution in [0.4, 0.5) is 0 Å². The fraction of sp³-hybridized carbons (Fsp3) is 0.440. The third kappa shape index (κ3) is 6.42. The first-order valence-electron chi connectivity index (χ1n) is 11.2. The summed E-state index contributed by atoms with van der Waals surface area (Å²) in [5.41, 5.74) is 2.51. The second-order valence-electron chi connectivity index (χ2n) is 8.46. The second kappa shape index (κ2) is 12.0. The van der Waals surface area contributed by atoms with Crippen molar-refractivity contribution in [1.82, 2.24) is 20.5 Å². The van der Waals surface area contributed by atoms with E-state index in [-0.39, 0.29) is 30.0 Å². The number of piperidine rings is 1. The van der Waals surface area contributed by atoms with Crippen LogP contribution >= 0.6 is 35.3 Å². The molecule has 1 aromatic heterocycles. The molecule has 7 heteroatoms. The zero-order valence-electron chi connectivity index (χ0n) is 19.2. The van der Waals surface area contributed by atoms with Gasteiger partial charge in [0.25, 0.3) is 0 Å². The number of aliphatic imine (C=N–C) groups is 1. The molecular formula is C25H34IN5S. The van der Waals surface area contributed by atoms with Gasteiger partial charge in [-0.15, -0.1) is 35.3 Å². The molecule has 0 spiro atoms. The van der Waals surface area contributed by atoms with Crippen LogP contribution in [0.25, 0.3) is 10.8 Å². The number of benzene rings is 2. The minimum atomic E-state index is 0. The average molecular weight is 564 g/mol. The van der Waals surface area contributed by atoms with Crippen LogP contribution in [0.15, 0.2) is 52.8 Å². The van der Waals surface area contributed by atoms with Gasteiger partial charge in [-0.3, -0.25) is 9.89 Å². The van der Waals surface area contributed by atoms with Crippen LogP contribution in [0.2, 0.25) is 0 Å². The maximum absolute atomic E-state index is 4.61. The minimum absolute atomic E-state index is 0. The molecule has 5 nitrogen and oxygen atoms in total. The quantitative estimate of drug-likeness (QED) is 0.241. The van der Waals surface area contributed by atoms with Crippen molar-refractivity contribution in [2.45, 2.75) is 39.3 Å². The van der Waals surface area contributed by atoms with Gasteiger partial charge in [-0.05, 0) is 62.0 Å². The summed E-state index contributed by atoms with van der Waals surface area (Å²) in [7, 11) is 1.85. The van der Waals surface area contributed by atoms with Gasteiger partial charge < -0.3 is 10.6 Å². The summed E-state index contributed by atoms with van der Waals surface area (Å²) in [5, 5.41) is 13.1. The second-order valence-corrected chi connectivity index (χ2v) is 9.53. The van der Waals surface area contributed by atoms with E-state index in [9.17, 15) is 0 Å². The molecule has 172 valence electrons. The summed E-state index contributed by atoms with van der Waals surface area (Å²) in [4.78, 5) is 11.6. The van der Waals surface area contributed by atoms with Gasteiger partial charge >= 0.3 is 0 Å². The van der Waals surface area contributed by atoms with E-state index >= 15 is 0 Å². The first-order chi connectivity index (χ1) is 15.1. The number of guanidine groups is 1. The zero-order valence-corrected chi connectivity index (χ0v) is 22.3. The molecular weight excluding hydrogens is 529 g/mol. The number of aryl methyl sites for hydroxylation is 1. The van der Waals surface area contributed by atoms with Gasteiger partial charge in [-0.1, -0.05) is 42.5 Å². The predicted octanol–water partition coefficient (Wildman–Crippen LogP) is 5.36. The van der Waals surface area contributed by atoms with Crippen molar-refractivity contribution in [2.75, 3.05) is 26.7 Å². The number of hydrogen-bond acceptors (Lipinski definition) is 4. The van der Waals surface area contributed by atoms with E-state index in [1.807, 2.05) is 7.05 Å². The SMILES string of the molecule is CN=C(NCC1CCN(Cc2csc(C)n2)CC1)NC(C)c1cccc2ccccc12.I. The summed E-state index contributed by atoms with van der Waals surface area (Å²) < 4.78 is 0. The molecule has 0 bridgehead atoms. The first kappa shape index (κ1) is 24.9. The number of aromatic nitrogens is 1. The van der Waals surface area contributed by atoms with E-state index in [0.29, 0.717) is 5.92 Å². The van der Waals surface area contributed by atoms with Crippen LogP contribution in [0, 0.1) is 12.8 Å². The van der Waals surface area contributed by atoms with Gasteiger partial charge in [0, 0.05) is 25.5 Å². The molecule has 4 rings (SSSR count). The lowest BCUT2D eigenvalue weighted by atomic mass is 9.96. The summed E-state index contributed by atoms with van der Waals surface area (Å²) in [6.07, 6.45) is 2.43. The molecule has 1 saturated heterocycles. The molecule has 0 aliphatic carbocycles. The number of likely N-dealkylation sites (tertiary alicyclic amines) is 1. The Morgan fingerprint density at radius 2 is 1.94 bits per heavy atom. The van der Waals surface area contributed by atoms with Crippen molar-refractivity contribution in [3.05, 3.63) is 64.1 Å². The van der Waals surface area contributed by atoms with Crippen molar-refractivity contribution >= 4 is 52.0 Å². The van der Waals surface area contributed by atoms with Crippen LogP contribution in [0.3, 0.4) is 0 Å². The molecule has 0 radical (unpaired) electrons. The normalized spacial score (nSPS) is 16.5. The van der Waals surface area contributed by atoms with Crippen LogP contribution in [0.5, 0.6) is 0 Å². The first-order valence-corrected chi connectivity index (χ1v) is 12.1. The Labute approximate surface area is 212 Å². The number of rotatable bonds is 6. The number of halogens is 1. The number of nitrogens with zero attached hydrogens (tertiary/aromatic N) is 3. The van der Waals surface area contributed by atoms with Gasteiger partial charge in [-0.25, -0.2) is 4.98 Å². The minimum Gasteiger partial charge on any atom is -0.356 e. The summed E-state index contributed by atoms with van der Waals surface area (Å²) in [6.45, 7) is 8.51. The number of nitrogens with one attached hydrogen (secondary N) is 2. The molecule has 2 N–H and O–H groups in total. The molecule has 3 aromatic rings. The molecule has 0 amide bonds. The molecule has 1 aliphatic heterocycles. The van der Waals surface area contributed by atoms with Crippen molar-refractivity contribution in [3.63, 3.8) is 0 Å². The number of fused-ring (bicyclic) bond motifs is 1. The highest BCUT2D eigenvalue weighted by atomic mass is 127. The number of thiazole rings is 1. The lowest BCUT2D eigenvalue weighted by Gasteiger charge is -2.32. The van der Waals surface area contributed by atoms with Crippen molar-refractivity contribution in [3.8, 4) is 0 Å². The van der Waals surface area contributed by atoms with E-state index in [2.05, 4.69) is 87.2 Å². The van der Waals surface area contributed by atoms with Crippen molar-refractivity contribution in [1.29, 1.82) is 0 Å². The monoisotopic (exact) mass is 563 g/mol. The highest BCUT2D eigenvalue weighted by Gasteiger charge is 2.20. The molecule has 1 aliphatic rings. The fourth-order valence-electron chi connectivity index (χ4n) is 4.41. The van der Waals surface area contributed by atoms with Crippen LogP contribution in [0.1, 0.15) is 42.1 Å². The smallest absolute Gasteiger partial charge is 0.191 e. The maximum atomic E-state index is 4.61. The van der Waals surface area contributed by atoms with Gasteiger partial charge in [-0.2, -0.15) is 0 Å². The molecule has 1 unspecified atom stereocenters. The van der Waals surface area contributed by atoms with Gasteiger partial charge in [0.05, 0.1) is 16.7 Å². The van der Waals surface area contributed by atoms with Crippen LogP contribution in [-0.2, 0) is 6.54 Å². The lowest BCUT2D eigenvalue weighted by Crippen LogP contribution is -2.43. The molecule has 1 fully saturated rings. The number of hydrogen-bond donors (Lipinski definition) is 2. The summed E-state index contributed by atoms with van der Waals surface area (Å²) in [6, 6.07) is 15.2. The summed E-state index contributed by atoms with van der Waals surface area (Å²) >= 11 is 1.74. The Hall–Kier alpha value is -1.71. The Morgan fingerprint density at radius 3 is 2.66 bits per heavy atom. The van der Waals surface area contributed by atoms with Gasteiger partial charge in [0.2, 0.25) is 0 Å². The largest absolute Gasteiger partial charge is 0.356 e. The zero-order chi connectivity index (χ0) is 21.6. The van der Waals surface area contributed by atoms with E-state index in [0.717, 1.165) is 37.1 Å². The third-order valence-electron chi connectivity index (χ3n) is 6.18. The van der Waals surface area contributed by atoms with E-state index < -0.39 is 0 Å². The summed E-state index contributed by atoms with van der Waals surface area (Å²) in [5.74, 6) is 1.56. The predicted molar refractivity (Wildman–Crippen MR) is 147 cm³/mol. The van der Waals surface area contributed by atoms with E-state index in [4.69, 9.17) is 0 Å². The third-order valence-corrected chi connectivity index (χ3v) is 7.01. The van der Waals surface area contributed by atoms with Gasteiger partial charge in [0.1, 0.15) is 0 Å². The highest BCUT2D eigenvalue weighted by Crippen LogP contribution is 2.24. The topological polar surface area (TPSA) is 52.6 Å². The molecule has 2 heterocycles. The van der Waals surface area contributed by atoms with Crippen LogP contribution in [-0.4, -0.2) is 42.5 Å². The Balaban J connectivity index is 0.00000289. The Morgan fingerprint density at radius 1 is 1.19 bits per heavy atom. The molecule has 1 atom stereocenters. The Bertz CT molecular complexity index is 1020. The van der Waals surface area contributed by atoms with Crippen molar-refractivity contribution in [2.24, 2.45) is 10.9 Å². The average Bonchev–Trinajstić information content (AvgIpc) is 3.21. The molecule has 32 heavy (non-hydrogen) atoms. The maximum Gasteiger partial charge on any atom is 0.191 e.